The summed E-state index contributed by atoms with van der Waals surface area (Å²) in [7, 11) is 0. The standard InChI is InChI=1S/C22H20N6O2/c29-21(24-11-7-15-5-9-23-10-6-15)17-14-26-28(20(17)16-3-4-16)22-25-12-8-18(27-22)19-2-1-13-30-19/h1-2,5-6,8-10,12-14,16H,3-4,7,11H2,(H,24,29). The Morgan fingerprint density at radius 2 is 2.03 bits per heavy atom. The zero-order valence-corrected chi connectivity index (χ0v) is 16.2. The lowest BCUT2D eigenvalue weighted by molar-refractivity contribution is 0.0953. The van der Waals surface area contributed by atoms with Crippen LogP contribution in [-0.4, -0.2) is 37.2 Å². The van der Waals surface area contributed by atoms with Crippen LogP contribution in [0, 0.1) is 0 Å². The van der Waals surface area contributed by atoms with Crippen LogP contribution in [0.5, 0.6) is 0 Å². The predicted octanol–water partition coefficient (Wildman–Crippen LogP) is 3.17. The summed E-state index contributed by atoms with van der Waals surface area (Å²) in [6.45, 7) is 0.544. The van der Waals surface area contributed by atoms with Crippen LogP contribution in [0.2, 0.25) is 0 Å². The van der Waals surface area contributed by atoms with Gasteiger partial charge in [-0.3, -0.25) is 9.78 Å². The molecule has 150 valence electrons. The summed E-state index contributed by atoms with van der Waals surface area (Å²) < 4.78 is 7.12. The average Bonchev–Trinajstić information content (AvgIpc) is 3.28. The van der Waals surface area contributed by atoms with Crippen LogP contribution in [0.15, 0.2) is 65.8 Å². The third-order valence-electron chi connectivity index (χ3n) is 5.07. The Morgan fingerprint density at radius 1 is 1.17 bits per heavy atom. The van der Waals surface area contributed by atoms with Gasteiger partial charge in [0.05, 0.1) is 23.7 Å². The molecule has 1 amide bonds. The van der Waals surface area contributed by atoms with E-state index in [1.807, 2.05) is 24.3 Å². The van der Waals surface area contributed by atoms with E-state index in [4.69, 9.17) is 4.42 Å². The van der Waals surface area contributed by atoms with Crippen LogP contribution in [-0.2, 0) is 6.42 Å². The molecule has 0 aliphatic heterocycles. The minimum absolute atomic E-state index is 0.126. The number of hydrogen-bond acceptors (Lipinski definition) is 6. The number of furan rings is 1. The molecule has 1 fully saturated rings. The van der Waals surface area contributed by atoms with Crippen molar-refractivity contribution in [2.75, 3.05) is 6.54 Å². The zero-order chi connectivity index (χ0) is 20.3. The average molecular weight is 400 g/mol. The number of nitrogens with one attached hydrogen (secondary N) is 1. The number of carbonyl (C=O) groups excluding carboxylic acids is 1. The van der Waals surface area contributed by atoms with Gasteiger partial charge in [0.15, 0.2) is 5.76 Å². The maximum atomic E-state index is 12.9. The molecule has 0 aromatic carbocycles. The van der Waals surface area contributed by atoms with Gasteiger partial charge in [-0.15, -0.1) is 0 Å². The van der Waals surface area contributed by atoms with E-state index < -0.39 is 0 Å². The van der Waals surface area contributed by atoms with Crippen LogP contribution < -0.4 is 5.32 Å². The fraction of sp³-hybridized carbons (Fsp3) is 0.227. The van der Waals surface area contributed by atoms with E-state index in [0.717, 1.165) is 30.5 Å². The largest absolute Gasteiger partial charge is 0.463 e. The second-order valence-electron chi connectivity index (χ2n) is 7.21. The van der Waals surface area contributed by atoms with Crippen molar-refractivity contribution in [3.05, 3.63) is 78.2 Å². The highest BCUT2D eigenvalue weighted by atomic mass is 16.3. The number of amides is 1. The first-order valence-electron chi connectivity index (χ1n) is 9.92. The molecule has 1 saturated carbocycles. The van der Waals surface area contributed by atoms with Gasteiger partial charge in [-0.2, -0.15) is 5.10 Å². The number of rotatable bonds is 7. The Hall–Kier alpha value is -3.81. The van der Waals surface area contributed by atoms with Gasteiger partial charge in [-0.1, -0.05) is 0 Å². The van der Waals surface area contributed by atoms with E-state index in [-0.39, 0.29) is 5.91 Å². The summed E-state index contributed by atoms with van der Waals surface area (Å²) in [6, 6.07) is 9.34. The fourth-order valence-corrected chi connectivity index (χ4v) is 3.42. The summed E-state index contributed by atoms with van der Waals surface area (Å²) >= 11 is 0. The maximum absolute atomic E-state index is 12.9. The van der Waals surface area contributed by atoms with Gasteiger partial charge in [0.1, 0.15) is 5.69 Å². The predicted molar refractivity (Wildman–Crippen MR) is 109 cm³/mol. The van der Waals surface area contributed by atoms with Crippen molar-refractivity contribution in [1.29, 1.82) is 0 Å². The molecule has 0 bridgehead atoms. The summed E-state index contributed by atoms with van der Waals surface area (Å²) in [5.41, 5.74) is 3.25. The first kappa shape index (κ1) is 18.2. The highest BCUT2D eigenvalue weighted by molar-refractivity contribution is 5.95. The summed E-state index contributed by atoms with van der Waals surface area (Å²) in [4.78, 5) is 25.8. The van der Waals surface area contributed by atoms with Gasteiger partial charge < -0.3 is 9.73 Å². The first-order chi connectivity index (χ1) is 14.8. The summed E-state index contributed by atoms with van der Waals surface area (Å²) in [6.07, 6.45) is 11.2. The number of nitrogens with zero attached hydrogens (tertiary/aromatic N) is 5. The molecule has 5 rings (SSSR count). The van der Waals surface area contributed by atoms with Gasteiger partial charge in [-0.05, 0) is 55.2 Å². The molecular weight excluding hydrogens is 380 g/mol. The van der Waals surface area contributed by atoms with Crippen LogP contribution >= 0.6 is 0 Å². The molecule has 1 N–H and O–H groups in total. The van der Waals surface area contributed by atoms with Gasteiger partial charge in [0.25, 0.3) is 11.9 Å². The molecule has 1 aliphatic rings. The van der Waals surface area contributed by atoms with Crippen molar-refractivity contribution in [2.24, 2.45) is 0 Å². The smallest absolute Gasteiger partial charge is 0.254 e. The van der Waals surface area contributed by atoms with E-state index >= 15 is 0 Å². The van der Waals surface area contributed by atoms with Gasteiger partial charge in [0, 0.05) is 31.1 Å². The van der Waals surface area contributed by atoms with Crippen molar-refractivity contribution >= 4 is 5.91 Å². The number of carbonyl (C=O) groups is 1. The molecule has 30 heavy (non-hydrogen) atoms. The number of hydrogen-bond donors (Lipinski definition) is 1. The van der Waals surface area contributed by atoms with E-state index in [1.54, 1.807) is 41.8 Å². The van der Waals surface area contributed by atoms with Gasteiger partial charge >= 0.3 is 0 Å². The highest BCUT2D eigenvalue weighted by Crippen LogP contribution is 2.42. The van der Waals surface area contributed by atoms with Crippen molar-refractivity contribution in [3.63, 3.8) is 0 Å². The van der Waals surface area contributed by atoms with Crippen LogP contribution in [0.4, 0.5) is 0 Å². The Bertz CT molecular complexity index is 1150. The van der Waals surface area contributed by atoms with Crippen LogP contribution in [0.25, 0.3) is 17.4 Å². The van der Waals surface area contributed by atoms with E-state index in [9.17, 15) is 4.79 Å². The second-order valence-corrected chi connectivity index (χ2v) is 7.21. The van der Waals surface area contributed by atoms with E-state index in [1.165, 1.54) is 0 Å². The molecule has 0 radical (unpaired) electrons. The minimum Gasteiger partial charge on any atom is -0.463 e. The molecular formula is C22H20N6O2. The first-order valence-corrected chi connectivity index (χ1v) is 9.92. The van der Waals surface area contributed by atoms with Crippen molar-refractivity contribution in [2.45, 2.75) is 25.2 Å². The molecule has 0 atom stereocenters. The minimum atomic E-state index is -0.126. The van der Waals surface area contributed by atoms with Gasteiger partial charge in [-0.25, -0.2) is 14.6 Å². The monoisotopic (exact) mass is 400 g/mol. The zero-order valence-electron chi connectivity index (χ0n) is 16.2. The molecule has 1 aliphatic carbocycles. The Labute approximate surface area is 173 Å². The summed E-state index contributed by atoms with van der Waals surface area (Å²) in [5, 5.41) is 7.45. The van der Waals surface area contributed by atoms with Crippen molar-refractivity contribution in [3.8, 4) is 17.4 Å². The molecule has 0 spiro atoms. The number of aromatic nitrogens is 5. The molecule has 4 heterocycles. The Kier molecular flexibility index (Phi) is 4.80. The normalized spacial score (nSPS) is 13.3. The van der Waals surface area contributed by atoms with Crippen LogP contribution in [0.3, 0.4) is 0 Å². The highest BCUT2D eigenvalue weighted by Gasteiger charge is 2.33. The lowest BCUT2D eigenvalue weighted by Crippen LogP contribution is -2.26. The maximum Gasteiger partial charge on any atom is 0.254 e. The van der Waals surface area contributed by atoms with Crippen molar-refractivity contribution < 1.29 is 9.21 Å². The SMILES string of the molecule is O=C(NCCc1ccncc1)c1cnn(-c2nccc(-c3ccco3)n2)c1C1CC1. The molecule has 4 aromatic rings. The Morgan fingerprint density at radius 3 is 2.80 bits per heavy atom. The lowest BCUT2D eigenvalue weighted by Gasteiger charge is -2.09. The molecule has 8 heteroatoms. The molecule has 0 saturated heterocycles. The molecule has 4 aromatic heterocycles. The van der Waals surface area contributed by atoms with Crippen molar-refractivity contribution in [1.82, 2.24) is 30.0 Å². The van der Waals surface area contributed by atoms with E-state index in [2.05, 4.69) is 25.4 Å². The quantitative estimate of drug-likeness (QED) is 0.512. The third-order valence-corrected chi connectivity index (χ3v) is 5.07. The van der Waals surface area contributed by atoms with Crippen LogP contribution in [0.1, 0.15) is 40.4 Å². The van der Waals surface area contributed by atoms with Gasteiger partial charge in [0.2, 0.25) is 0 Å². The second kappa shape index (κ2) is 7.90. The molecule has 8 nitrogen and oxygen atoms in total. The fourth-order valence-electron chi connectivity index (χ4n) is 3.42. The Balaban J connectivity index is 1.38. The third kappa shape index (κ3) is 3.71. The molecule has 0 unspecified atom stereocenters. The lowest BCUT2D eigenvalue weighted by atomic mass is 10.1. The number of pyridine rings is 1. The summed E-state index contributed by atoms with van der Waals surface area (Å²) in [5.74, 6) is 1.26. The van der Waals surface area contributed by atoms with E-state index in [0.29, 0.717) is 35.4 Å². The topological polar surface area (TPSA) is 98.7 Å².